The average Bonchev–Trinajstić information content (AvgIpc) is 2.90. The van der Waals surface area contributed by atoms with Crippen LogP contribution in [0.2, 0.25) is 0 Å². The van der Waals surface area contributed by atoms with Crippen LogP contribution in [0.15, 0.2) is 11.6 Å². The van der Waals surface area contributed by atoms with E-state index in [0.29, 0.717) is 12.8 Å². The highest BCUT2D eigenvalue weighted by Crippen LogP contribution is 2.67. The lowest BCUT2D eigenvalue weighted by Crippen LogP contribution is -2.62. The molecule has 0 heterocycles. The lowest BCUT2D eigenvalue weighted by molar-refractivity contribution is -0.182. The van der Waals surface area contributed by atoms with Gasteiger partial charge in [-0.3, -0.25) is 9.59 Å². The highest BCUT2D eigenvalue weighted by atomic mass is 16.3. The van der Waals surface area contributed by atoms with Gasteiger partial charge in [-0.05, 0) is 67.7 Å². The van der Waals surface area contributed by atoms with E-state index >= 15 is 0 Å². The van der Waals surface area contributed by atoms with Crippen molar-refractivity contribution in [1.29, 1.82) is 0 Å². The summed E-state index contributed by atoms with van der Waals surface area (Å²) in [4.78, 5) is 24.7. The van der Waals surface area contributed by atoms with E-state index < -0.39 is 72.2 Å². The van der Waals surface area contributed by atoms with E-state index in [2.05, 4.69) is 0 Å². The third kappa shape index (κ3) is 2.14. The summed E-state index contributed by atoms with van der Waals surface area (Å²) in [5, 5.41) is 32.0. The number of aliphatic hydroxyl groups is 3. The molecule has 0 spiro atoms. The summed E-state index contributed by atoms with van der Waals surface area (Å²) in [6.07, 6.45) is -1.82. The van der Waals surface area contributed by atoms with E-state index in [0.717, 1.165) is 0 Å². The SMILES string of the molecule is [2H]C([2H])([2H])[C@@]12C(=[13CH]C(=O)[13CH2][13C]1([2H])[2H])CC[C@H]1[C@@H]3CC[C@](O)(C(=O)CO)[C@@]3(C)C[C@H](O)[13C@@H]12. The molecule has 0 amide bonds. The van der Waals surface area contributed by atoms with Gasteiger partial charge < -0.3 is 15.3 Å². The highest BCUT2D eigenvalue weighted by Gasteiger charge is 2.68. The van der Waals surface area contributed by atoms with Crippen LogP contribution in [0, 0.1) is 28.6 Å². The number of hydrogen-bond acceptors (Lipinski definition) is 5. The second-order valence-corrected chi connectivity index (χ2v) is 8.80. The molecule has 0 unspecified atom stereocenters. The molecule has 26 heavy (non-hydrogen) atoms. The summed E-state index contributed by atoms with van der Waals surface area (Å²) < 4.78 is 42.6. The van der Waals surface area contributed by atoms with E-state index in [1.165, 1.54) is 6.08 Å². The van der Waals surface area contributed by atoms with Crippen LogP contribution in [-0.2, 0) is 9.59 Å². The fraction of sp³-hybridized carbons (Fsp3) is 0.810. The first-order valence-corrected chi connectivity index (χ1v) is 9.46. The maximum atomic E-state index is 12.5. The van der Waals surface area contributed by atoms with Crippen LogP contribution in [0.4, 0.5) is 0 Å². The summed E-state index contributed by atoms with van der Waals surface area (Å²) in [6.45, 7) is -1.90. The Hall–Kier alpha value is -1.04. The van der Waals surface area contributed by atoms with Crippen molar-refractivity contribution >= 4 is 11.6 Å². The van der Waals surface area contributed by atoms with Crippen molar-refractivity contribution in [2.24, 2.45) is 28.6 Å². The number of fused-ring (bicyclic) bond motifs is 5. The fourth-order valence-electron chi connectivity index (χ4n) is 6.58. The van der Waals surface area contributed by atoms with Crippen LogP contribution in [0.5, 0.6) is 0 Å². The minimum absolute atomic E-state index is 0.0732. The zero-order valence-electron chi connectivity index (χ0n) is 20.0. The number of rotatable bonds is 2. The van der Waals surface area contributed by atoms with Crippen molar-refractivity contribution in [3.63, 3.8) is 0 Å². The van der Waals surface area contributed by atoms with Gasteiger partial charge in [0, 0.05) is 18.7 Å². The quantitative estimate of drug-likeness (QED) is 0.643. The minimum Gasteiger partial charge on any atom is -0.393 e. The molecule has 0 aromatic carbocycles. The Kier molecular flexibility index (Phi) is 2.91. The number of carbonyl (C=O) groups is 2. The zero-order chi connectivity index (χ0) is 23.2. The van der Waals surface area contributed by atoms with Crippen molar-refractivity contribution < 1.29 is 31.8 Å². The van der Waals surface area contributed by atoms with Crippen LogP contribution in [0.3, 0.4) is 0 Å². The molecular formula is C21H30O5. The predicted molar refractivity (Wildman–Crippen MR) is 95.1 cm³/mol. The van der Waals surface area contributed by atoms with Crippen molar-refractivity contribution in [2.45, 2.75) is 70.4 Å². The molecule has 4 aliphatic carbocycles. The van der Waals surface area contributed by atoms with Gasteiger partial charge in [-0.25, -0.2) is 0 Å². The van der Waals surface area contributed by atoms with Gasteiger partial charge in [0.25, 0.3) is 0 Å². The van der Waals surface area contributed by atoms with Gasteiger partial charge >= 0.3 is 0 Å². The maximum absolute atomic E-state index is 12.5. The molecule has 0 aromatic rings. The fourth-order valence-corrected chi connectivity index (χ4v) is 6.58. The standard InChI is InChI=1S/C21H30O5/c1-19-7-5-13(23)9-12(19)3-4-14-15-6-8-21(26,17(25)11-22)20(15,2)10-16(24)18(14)19/h9,14-16,18,22,24,26H,3-8,10-11H2,1-2H3/t14-,15-,16-,18+,19-,20-,21-/m0/s1/i1D3,5+1,7+1D2,9+1,18+1. The Bertz CT molecular complexity index is 854. The molecule has 0 aromatic heterocycles. The van der Waals surface area contributed by atoms with Crippen LogP contribution in [-0.4, -0.2) is 45.2 Å². The summed E-state index contributed by atoms with van der Waals surface area (Å²) in [5.74, 6) is -2.86. The second-order valence-electron chi connectivity index (χ2n) is 8.80. The van der Waals surface area contributed by atoms with Gasteiger partial charge in [0.05, 0.1) is 6.10 Å². The number of Topliss-reactive ketones (excluding diaryl/α,β-unsaturated/α-hetero) is 1. The predicted octanol–water partition coefficient (Wildman–Crippen LogP) is 1.78. The van der Waals surface area contributed by atoms with Crippen LogP contribution in [0.1, 0.15) is 65.5 Å². The molecule has 7 atom stereocenters. The van der Waals surface area contributed by atoms with Crippen molar-refractivity contribution in [3.05, 3.63) is 11.6 Å². The van der Waals surface area contributed by atoms with Crippen molar-refractivity contribution in [3.8, 4) is 0 Å². The normalized spacial score (nSPS) is 55.8. The Morgan fingerprint density at radius 1 is 1.42 bits per heavy atom. The Morgan fingerprint density at radius 2 is 2.19 bits per heavy atom. The van der Waals surface area contributed by atoms with E-state index in [4.69, 9.17) is 6.85 Å². The number of allylic oxidation sites excluding steroid dienone is 1. The molecule has 3 fully saturated rings. The molecule has 0 aliphatic heterocycles. The summed E-state index contributed by atoms with van der Waals surface area (Å²) in [5.41, 5.74) is -4.62. The topological polar surface area (TPSA) is 94.8 Å². The van der Waals surface area contributed by atoms with E-state index in [1.54, 1.807) is 6.92 Å². The average molecular weight is 371 g/mol. The van der Waals surface area contributed by atoms with E-state index in [-0.39, 0.29) is 30.8 Å². The molecule has 3 N–H and O–H groups in total. The Balaban J connectivity index is 1.89. The van der Waals surface area contributed by atoms with Gasteiger partial charge in [-0.15, -0.1) is 0 Å². The zero-order valence-corrected chi connectivity index (χ0v) is 15.0. The number of hydrogen-bond donors (Lipinski definition) is 3. The summed E-state index contributed by atoms with van der Waals surface area (Å²) in [6, 6.07) is 0. The smallest absolute Gasteiger partial charge is 0.190 e. The van der Waals surface area contributed by atoms with Crippen LogP contribution < -0.4 is 0 Å². The number of ketones is 2. The lowest BCUT2D eigenvalue weighted by Gasteiger charge is -2.60. The van der Waals surface area contributed by atoms with Crippen molar-refractivity contribution in [1.82, 2.24) is 0 Å². The van der Waals surface area contributed by atoms with Gasteiger partial charge in [0.15, 0.2) is 11.6 Å². The Labute approximate surface area is 161 Å². The first-order chi connectivity index (χ1) is 14.2. The van der Waals surface area contributed by atoms with Gasteiger partial charge in [-0.2, -0.15) is 0 Å². The first kappa shape index (κ1) is 13.2. The largest absolute Gasteiger partial charge is 0.393 e. The van der Waals surface area contributed by atoms with Crippen molar-refractivity contribution in [2.75, 3.05) is 6.61 Å². The summed E-state index contributed by atoms with van der Waals surface area (Å²) >= 11 is 0. The molecule has 3 saturated carbocycles. The molecule has 0 radical (unpaired) electrons. The molecule has 144 valence electrons. The van der Waals surface area contributed by atoms with E-state index in [9.17, 15) is 24.9 Å². The number of carbonyl (C=O) groups excluding carboxylic acids is 2. The van der Waals surface area contributed by atoms with Crippen LogP contribution in [0.25, 0.3) is 0 Å². The monoisotopic (exact) mass is 371 g/mol. The first-order valence-electron chi connectivity index (χ1n) is 12.0. The summed E-state index contributed by atoms with van der Waals surface area (Å²) in [7, 11) is 0. The molecule has 0 bridgehead atoms. The Morgan fingerprint density at radius 3 is 2.88 bits per heavy atom. The lowest BCUT2D eigenvalue weighted by atomic mass is 9.56. The third-order valence-corrected chi connectivity index (χ3v) is 7.84. The molecule has 4 aliphatic rings. The van der Waals surface area contributed by atoms with Gasteiger partial charge in [-0.1, -0.05) is 19.3 Å². The molecule has 4 rings (SSSR count). The third-order valence-electron chi connectivity index (χ3n) is 7.84. The minimum atomic E-state index is -2.79. The molecule has 5 heteroatoms. The molecule has 0 saturated heterocycles. The number of aliphatic hydroxyl groups excluding tert-OH is 2. The second kappa shape index (κ2) is 5.73. The van der Waals surface area contributed by atoms with Gasteiger partial charge in [0.2, 0.25) is 0 Å². The maximum Gasteiger partial charge on any atom is 0.190 e. The highest BCUT2D eigenvalue weighted by molar-refractivity contribution is 5.91. The van der Waals surface area contributed by atoms with Gasteiger partial charge in [0.1, 0.15) is 12.2 Å². The van der Waals surface area contributed by atoms with E-state index in [1.807, 2.05) is 0 Å². The molecule has 5 nitrogen and oxygen atoms in total. The molecular weight excluding hydrogens is 336 g/mol. The van der Waals surface area contributed by atoms with Crippen LogP contribution >= 0.6 is 0 Å².